The van der Waals surface area contributed by atoms with Crippen molar-refractivity contribution in [2.75, 3.05) is 20.7 Å². The van der Waals surface area contributed by atoms with Gasteiger partial charge in [0.25, 0.3) is 15.9 Å². The molecule has 0 saturated carbocycles. The van der Waals surface area contributed by atoms with Crippen LogP contribution in [0.4, 0.5) is 0 Å². The predicted molar refractivity (Wildman–Crippen MR) is 121 cm³/mol. The Bertz CT molecular complexity index is 1160. The van der Waals surface area contributed by atoms with Gasteiger partial charge < -0.3 is 15.0 Å². The van der Waals surface area contributed by atoms with E-state index in [1.54, 1.807) is 37.3 Å². The highest BCUT2D eigenvalue weighted by atomic mass is 32.2. The standard InChI is InChI=1S/C23H27N3O6S/c1-4-19(22(28)24-2)25(15-16-8-7-9-17(14-16)32-3)21(27)12-13-26-23(29)18-10-5-6-11-20(18)33(26,30)31/h5-11,14,19H,4,12-13,15H2,1-3H3,(H,24,28). The van der Waals surface area contributed by atoms with Crippen molar-refractivity contribution in [1.82, 2.24) is 14.5 Å². The second-order valence-corrected chi connectivity index (χ2v) is 9.37. The van der Waals surface area contributed by atoms with Gasteiger partial charge in [-0.1, -0.05) is 31.2 Å². The summed E-state index contributed by atoms with van der Waals surface area (Å²) in [5.74, 6) is -0.811. The summed E-state index contributed by atoms with van der Waals surface area (Å²) in [7, 11) is -0.988. The van der Waals surface area contributed by atoms with Gasteiger partial charge in [-0.2, -0.15) is 0 Å². The summed E-state index contributed by atoms with van der Waals surface area (Å²) >= 11 is 0. The lowest BCUT2D eigenvalue weighted by Crippen LogP contribution is -2.49. The van der Waals surface area contributed by atoms with Gasteiger partial charge in [0.1, 0.15) is 16.7 Å². The molecule has 0 radical (unpaired) electrons. The zero-order valence-corrected chi connectivity index (χ0v) is 19.6. The molecule has 2 aromatic carbocycles. The van der Waals surface area contributed by atoms with Crippen LogP contribution >= 0.6 is 0 Å². The molecule has 33 heavy (non-hydrogen) atoms. The smallest absolute Gasteiger partial charge is 0.269 e. The van der Waals surface area contributed by atoms with Crippen LogP contribution in [0.15, 0.2) is 53.4 Å². The number of benzene rings is 2. The minimum Gasteiger partial charge on any atom is -0.497 e. The van der Waals surface area contributed by atoms with Crippen LogP contribution in [0, 0.1) is 0 Å². The van der Waals surface area contributed by atoms with Crippen LogP contribution in [-0.2, 0) is 26.2 Å². The number of ether oxygens (including phenoxy) is 1. The molecular formula is C23H27N3O6S. The SMILES string of the molecule is CCC(C(=O)NC)N(Cc1cccc(OC)c1)C(=O)CCN1C(=O)c2ccccc2S1(=O)=O. The summed E-state index contributed by atoms with van der Waals surface area (Å²) in [6, 6.07) is 12.3. The molecule has 10 heteroatoms. The number of hydrogen-bond acceptors (Lipinski definition) is 6. The molecule has 0 aliphatic carbocycles. The van der Waals surface area contributed by atoms with E-state index in [9.17, 15) is 22.8 Å². The number of carbonyl (C=O) groups is 3. The van der Waals surface area contributed by atoms with Crippen molar-refractivity contribution in [2.45, 2.75) is 37.2 Å². The van der Waals surface area contributed by atoms with Gasteiger partial charge in [-0.25, -0.2) is 12.7 Å². The molecule has 1 aliphatic heterocycles. The van der Waals surface area contributed by atoms with Crippen LogP contribution in [0.2, 0.25) is 0 Å². The zero-order valence-electron chi connectivity index (χ0n) is 18.8. The van der Waals surface area contributed by atoms with Gasteiger partial charge in [0.2, 0.25) is 11.8 Å². The average molecular weight is 474 g/mol. The Hall–Kier alpha value is -3.40. The van der Waals surface area contributed by atoms with Crippen molar-refractivity contribution in [1.29, 1.82) is 0 Å². The fraction of sp³-hybridized carbons (Fsp3) is 0.348. The lowest BCUT2D eigenvalue weighted by atomic mass is 10.1. The number of fused-ring (bicyclic) bond motifs is 1. The summed E-state index contributed by atoms with van der Waals surface area (Å²) in [6.45, 7) is 1.60. The highest BCUT2D eigenvalue weighted by Gasteiger charge is 2.41. The molecule has 9 nitrogen and oxygen atoms in total. The van der Waals surface area contributed by atoms with Gasteiger partial charge in [-0.15, -0.1) is 0 Å². The summed E-state index contributed by atoms with van der Waals surface area (Å²) in [6.07, 6.45) is 0.109. The topological polar surface area (TPSA) is 113 Å². The molecule has 2 aromatic rings. The number of methoxy groups -OCH3 is 1. The van der Waals surface area contributed by atoms with Crippen molar-refractivity contribution in [3.63, 3.8) is 0 Å². The van der Waals surface area contributed by atoms with E-state index in [-0.39, 0.29) is 35.9 Å². The lowest BCUT2D eigenvalue weighted by Gasteiger charge is -2.31. The van der Waals surface area contributed by atoms with E-state index in [1.165, 1.54) is 31.2 Å². The molecule has 1 atom stereocenters. The normalized spacial score (nSPS) is 15.0. The van der Waals surface area contributed by atoms with Crippen LogP contribution in [0.25, 0.3) is 0 Å². The van der Waals surface area contributed by atoms with Crippen molar-refractivity contribution < 1.29 is 27.5 Å². The molecule has 3 rings (SSSR count). The van der Waals surface area contributed by atoms with Gasteiger partial charge >= 0.3 is 0 Å². The average Bonchev–Trinajstić information content (AvgIpc) is 3.02. The van der Waals surface area contributed by atoms with Crippen molar-refractivity contribution in [2.24, 2.45) is 0 Å². The highest BCUT2D eigenvalue weighted by molar-refractivity contribution is 7.90. The summed E-state index contributed by atoms with van der Waals surface area (Å²) in [4.78, 5) is 39.7. The molecule has 1 unspecified atom stereocenters. The first-order valence-electron chi connectivity index (χ1n) is 10.5. The first-order valence-corrected chi connectivity index (χ1v) is 12.0. The minimum atomic E-state index is -4.01. The first-order chi connectivity index (χ1) is 15.7. The number of nitrogens with zero attached hydrogens (tertiary/aromatic N) is 2. The van der Waals surface area contributed by atoms with E-state index in [1.807, 2.05) is 6.07 Å². The first kappa shape index (κ1) is 24.2. The molecule has 1 aliphatic rings. The number of hydrogen-bond donors (Lipinski definition) is 1. The van der Waals surface area contributed by atoms with Crippen molar-refractivity contribution >= 4 is 27.7 Å². The number of amides is 3. The molecule has 0 spiro atoms. The third-order valence-corrected chi connectivity index (χ3v) is 7.40. The summed E-state index contributed by atoms with van der Waals surface area (Å²) in [5.41, 5.74) is 0.845. The quantitative estimate of drug-likeness (QED) is 0.594. The van der Waals surface area contributed by atoms with E-state index in [4.69, 9.17) is 4.74 Å². The van der Waals surface area contributed by atoms with E-state index < -0.39 is 27.9 Å². The molecule has 0 fully saturated rings. The largest absolute Gasteiger partial charge is 0.497 e. The molecule has 176 valence electrons. The van der Waals surface area contributed by atoms with Gasteiger partial charge in [0.05, 0.1) is 12.7 Å². The van der Waals surface area contributed by atoms with E-state index in [0.717, 1.165) is 9.87 Å². The Morgan fingerprint density at radius 1 is 1.15 bits per heavy atom. The predicted octanol–water partition coefficient (Wildman–Crippen LogP) is 1.78. The second kappa shape index (κ2) is 10.0. The third-order valence-electron chi connectivity index (χ3n) is 5.56. The highest BCUT2D eigenvalue weighted by Crippen LogP contribution is 2.30. The molecule has 0 bridgehead atoms. The molecule has 0 saturated heterocycles. The van der Waals surface area contributed by atoms with Crippen LogP contribution < -0.4 is 10.1 Å². The van der Waals surface area contributed by atoms with Crippen molar-refractivity contribution in [3.8, 4) is 5.75 Å². The number of likely N-dealkylation sites (N-methyl/N-ethyl adjacent to an activating group) is 1. The van der Waals surface area contributed by atoms with Gasteiger partial charge in [0, 0.05) is 26.6 Å². The maximum absolute atomic E-state index is 13.3. The van der Waals surface area contributed by atoms with Gasteiger partial charge in [-0.3, -0.25) is 14.4 Å². The van der Waals surface area contributed by atoms with E-state index in [0.29, 0.717) is 12.2 Å². The Balaban J connectivity index is 1.83. The molecule has 3 amide bonds. The van der Waals surface area contributed by atoms with Crippen LogP contribution in [0.1, 0.15) is 35.7 Å². The summed E-state index contributed by atoms with van der Waals surface area (Å²) in [5, 5.41) is 2.57. The van der Waals surface area contributed by atoms with Crippen LogP contribution in [-0.4, -0.2) is 62.1 Å². The lowest BCUT2D eigenvalue weighted by molar-refractivity contribution is -0.141. The number of nitrogens with one attached hydrogen (secondary N) is 1. The third kappa shape index (κ3) is 4.85. The molecular weight excluding hydrogens is 446 g/mol. The number of rotatable bonds is 9. The van der Waals surface area contributed by atoms with E-state index in [2.05, 4.69) is 5.32 Å². The van der Waals surface area contributed by atoms with Gasteiger partial charge in [-0.05, 0) is 36.2 Å². The van der Waals surface area contributed by atoms with E-state index >= 15 is 0 Å². The second-order valence-electron chi connectivity index (χ2n) is 7.54. The fourth-order valence-electron chi connectivity index (χ4n) is 3.85. The Morgan fingerprint density at radius 2 is 1.88 bits per heavy atom. The van der Waals surface area contributed by atoms with Crippen molar-refractivity contribution in [3.05, 3.63) is 59.7 Å². The zero-order chi connectivity index (χ0) is 24.2. The minimum absolute atomic E-state index is 0.0625. The summed E-state index contributed by atoms with van der Waals surface area (Å²) < 4.78 is 31.5. The fourth-order valence-corrected chi connectivity index (χ4v) is 5.42. The number of sulfonamides is 1. The Kier molecular flexibility index (Phi) is 7.37. The Labute approximate surface area is 193 Å². The maximum atomic E-state index is 13.3. The maximum Gasteiger partial charge on any atom is 0.269 e. The molecule has 1 N–H and O–H groups in total. The van der Waals surface area contributed by atoms with Crippen LogP contribution in [0.3, 0.4) is 0 Å². The number of carbonyl (C=O) groups excluding carboxylic acids is 3. The molecule has 0 aromatic heterocycles. The molecule has 1 heterocycles. The Morgan fingerprint density at radius 3 is 2.52 bits per heavy atom. The van der Waals surface area contributed by atoms with Gasteiger partial charge in [0.15, 0.2) is 0 Å². The monoisotopic (exact) mass is 473 g/mol. The van der Waals surface area contributed by atoms with Crippen LogP contribution in [0.5, 0.6) is 5.75 Å².